The number of benzene rings is 2. The van der Waals surface area contributed by atoms with Crippen LogP contribution in [0.4, 0.5) is 0 Å². The van der Waals surface area contributed by atoms with Gasteiger partial charge in [-0.2, -0.15) is 5.26 Å². The van der Waals surface area contributed by atoms with Crippen LogP contribution in [-0.2, 0) is 0 Å². The zero-order chi connectivity index (χ0) is 14.5. The maximum absolute atomic E-state index is 9.32. The van der Waals surface area contributed by atoms with Gasteiger partial charge in [-0.15, -0.1) is 0 Å². The number of ether oxygens (including phenoxy) is 1. The van der Waals surface area contributed by atoms with Gasteiger partial charge in [0.05, 0.1) is 18.8 Å². The lowest BCUT2D eigenvalue weighted by molar-refractivity contribution is 0.414. The lowest BCUT2D eigenvalue weighted by Gasteiger charge is -2.06. The molecule has 2 aromatic rings. The number of nitrogens with zero attached hydrogens (tertiary/aromatic N) is 1. The Kier molecular flexibility index (Phi) is 4.68. The molecule has 0 bridgehead atoms. The molecule has 0 aliphatic rings. The van der Waals surface area contributed by atoms with Crippen molar-refractivity contribution in [3.63, 3.8) is 0 Å². The standard InChI is InChI=1S/C16H11Cl2NO/c1-20-16-7-6-15(18)9-12(16)8-13(10-19)11-2-4-14(17)5-3-11/h2-9H,1H3. The van der Waals surface area contributed by atoms with Crippen molar-refractivity contribution in [2.45, 2.75) is 0 Å². The van der Waals surface area contributed by atoms with Crippen LogP contribution in [0.2, 0.25) is 10.0 Å². The monoisotopic (exact) mass is 303 g/mol. The number of nitriles is 1. The molecule has 100 valence electrons. The van der Waals surface area contributed by atoms with Crippen molar-refractivity contribution in [2.75, 3.05) is 7.11 Å². The molecule has 0 heterocycles. The van der Waals surface area contributed by atoms with Crippen LogP contribution in [-0.4, -0.2) is 7.11 Å². The molecular weight excluding hydrogens is 293 g/mol. The first-order valence-electron chi connectivity index (χ1n) is 5.85. The summed E-state index contributed by atoms with van der Waals surface area (Å²) >= 11 is 11.8. The number of hydrogen-bond acceptors (Lipinski definition) is 2. The number of allylic oxidation sites excluding steroid dienone is 1. The van der Waals surface area contributed by atoms with Crippen LogP contribution in [0.25, 0.3) is 11.6 Å². The van der Waals surface area contributed by atoms with E-state index in [2.05, 4.69) is 6.07 Å². The fraction of sp³-hybridized carbons (Fsp3) is 0.0625. The van der Waals surface area contributed by atoms with Crippen LogP contribution in [0.5, 0.6) is 5.75 Å². The molecule has 0 fully saturated rings. The van der Waals surface area contributed by atoms with E-state index in [1.807, 2.05) is 0 Å². The molecule has 20 heavy (non-hydrogen) atoms. The molecule has 0 aliphatic heterocycles. The van der Waals surface area contributed by atoms with E-state index in [9.17, 15) is 5.26 Å². The molecule has 4 heteroatoms. The molecule has 2 rings (SSSR count). The van der Waals surface area contributed by atoms with Gasteiger partial charge in [-0.1, -0.05) is 35.3 Å². The summed E-state index contributed by atoms with van der Waals surface area (Å²) < 4.78 is 5.27. The summed E-state index contributed by atoms with van der Waals surface area (Å²) in [5, 5.41) is 10.5. The highest BCUT2D eigenvalue weighted by Gasteiger charge is 2.05. The quantitative estimate of drug-likeness (QED) is 0.586. The molecule has 0 saturated heterocycles. The van der Waals surface area contributed by atoms with Gasteiger partial charge < -0.3 is 4.74 Å². The molecule has 0 aromatic heterocycles. The molecule has 0 atom stereocenters. The van der Waals surface area contributed by atoms with E-state index in [1.54, 1.807) is 55.7 Å². The minimum Gasteiger partial charge on any atom is -0.496 e. The van der Waals surface area contributed by atoms with Crippen LogP contribution >= 0.6 is 23.2 Å². The molecule has 0 spiro atoms. The number of halogens is 2. The first-order valence-corrected chi connectivity index (χ1v) is 6.61. The summed E-state index contributed by atoms with van der Waals surface area (Å²) in [4.78, 5) is 0. The summed E-state index contributed by atoms with van der Waals surface area (Å²) in [6.45, 7) is 0. The fourth-order valence-corrected chi connectivity index (χ4v) is 2.09. The summed E-state index contributed by atoms with van der Waals surface area (Å²) in [7, 11) is 1.58. The molecular formula is C16H11Cl2NO. The van der Waals surface area contributed by atoms with Gasteiger partial charge in [-0.05, 0) is 42.0 Å². The second kappa shape index (κ2) is 6.47. The smallest absolute Gasteiger partial charge is 0.126 e. The lowest BCUT2D eigenvalue weighted by Crippen LogP contribution is -1.88. The summed E-state index contributed by atoms with van der Waals surface area (Å²) in [5.41, 5.74) is 2.06. The Morgan fingerprint density at radius 1 is 1.10 bits per heavy atom. The normalized spacial score (nSPS) is 11.0. The predicted molar refractivity (Wildman–Crippen MR) is 82.9 cm³/mol. The third-order valence-electron chi connectivity index (χ3n) is 2.77. The number of hydrogen-bond donors (Lipinski definition) is 0. The average Bonchev–Trinajstić information content (AvgIpc) is 2.46. The minimum atomic E-state index is 0.516. The van der Waals surface area contributed by atoms with Crippen LogP contribution in [0.1, 0.15) is 11.1 Å². The summed E-state index contributed by atoms with van der Waals surface area (Å²) in [6, 6.07) is 14.5. The van der Waals surface area contributed by atoms with Crippen molar-refractivity contribution < 1.29 is 4.74 Å². The van der Waals surface area contributed by atoms with E-state index >= 15 is 0 Å². The Bertz CT molecular complexity index is 685. The Hall–Kier alpha value is -1.95. The van der Waals surface area contributed by atoms with Crippen molar-refractivity contribution >= 4 is 34.9 Å². The van der Waals surface area contributed by atoms with E-state index in [-0.39, 0.29) is 0 Å². The van der Waals surface area contributed by atoms with E-state index in [0.29, 0.717) is 21.4 Å². The van der Waals surface area contributed by atoms with Crippen molar-refractivity contribution in [2.24, 2.45) is 0 Å². The molecule has 0 amide bonds. The highest BCUT2D eigenvalue weighted by molar-refractivity contribution is 6.31. The molecule has 0 radical (unpaired) electrons. The van der Waals surface area contributed by atoms with Crippen LogP contribution in [0.15, 0.2) is 42.5 Å². The predicted octanol–water partition coefficient (Wildman–Crippen LogP) is 5.07. The largest absolute Gasteiger partial charge is 0.496 e. The molecule has 2 nitrogen and oxygen atoms in total. The van der Waals surface area contributed by atoms with Crippen molar-refractivity contribution in [3.8, 4) is 11.8 Å². The number of rotatable bonds is 3. The summed E-state index contributed by atoms with van der Waals surface area (Å²) in [6.07, 6.45) is 1.74. The average molecular weight is 304 g/mol. The molecule has 0 saturated carbocycles. The Labute approximate surface area is 127 Å². The maximum atomic E-state index is 9.32. The van der Waals surface area contributed by atoms with E-state index in [0.717, 1.165) is 11.1 Å². The molecule has 0 N–H and O–H groups in total. The van der Waals surface area contributed by atoms with E-state index in [4.69, 9.17) is 27.9 Å². The zero-order valence-corrected chi connectivity index (χ0v) is 12.2. The molecule has 0 aliphatic carbocycles. The summed E-state index contributed by atoms with van der Waals surface area (Å²) in [5.74, 6) is 0.663. The first-order chi connectivity index (χ1) is 9.63. The Morgan fingerprint density at radius 3 is 2.35 bits per heavy atom. The first kappa shape index (κ1) is 14.5. The molecule has 2 aromatic carbocycles. The van der Waals surface area contributed by atoms with E-state index in [1.165, 1.54) is 0 Å². The second-order valence-electron chi connectivity index (χ2n) is 4.06. The highest BCUT2D eigenvalue weighted by Crippen LogP contribution is 2.27. The van der Waals surface area contributed by atoms with Gasteiger partial charge in [0, 0.05) is 15.6 Å². The van der Waals surface area contributed by atoms with Gasteiger partial charge in [0.15, 0.2) is 0 Å². The van der Waals surface area contributed by atoms with Gasteiger partial charge in [0.1, 0.15) is 5.75 Å². The zero-order valence-electron chi connectivity index (χ0n) is 10.7. The van der Waals surface area contributed by atoms with Gasteiger partial charge in [0.25, 0.3) is 0 Å². The topological polar surface area (TPSA) is 33.0 Å². The van der Waals surface area contributed by atoms with Crippen molar-refractivity contribution in [1.29, 1.82) is 5.26 Å². The van der Waals surface area contributed by atoms with Gasteiger partial charge in [-0.3, -0.25) is 0 Å². The van der Waals surface area contributed by atoms with Gasteiger partial charge >= 0.3 is 0 Å². The van der Waals surface area contributed by atoms with Crippen LogP contribution in [0.3, 0.4) is 0 Å². The van der Waals surface area contributed by atoms with E-state index < -0.39 is 0 Å². The van der Waals surface area contributed by atoms with Crippen LogP contribution < -0.4 is 4.74 Å². The van der Waals surface area contributed by atoms with Gasteiger partial charge in [0.2, 0.25) is 0 Å². The second-order valence-corrected chi connectivity index (χ2v) is 4.94. The van der Waals surface area contributed by atoms with Crippen molar-refractivity contribution in [1.82, 2.24) is 0 Å². The van der Waals surface area contributed by atoms with Gasteiger partial charge in [-0.25, -0.2) is 0 Å². The molecule has 0 unspecified atom stereocenters. The Balaban J connectivity index is 2.49. The lowest BCUT2D eigenvalue weighted by atomic mass is 10.0. The highest BCUT2D eigenvalue weighted by atomic mass is 35.5. The fourth-order valence-electron chi connectivity index (χ4n) is 1.78. The maximum Gasteiger partial charge on any atom is 0.126 e. The number of methoxy groups -OCH3 is 1. The third-order valence-corrected chi connectivity index (χ3v) is 3.25. The Morgan fingerprint density at radius 2 is 1.75 bits per heavy atom. The third kappa shape index (κ3) is 3.33. The van der Waals surface area contributed by atoms with Crippen molar-refractivity contribution in [3.05, 3.63) is 63.6 Å². The SMILES string of the molecule is COc1ccc(Cl)cc1C=C(C#N)c1ccc(Cl)cc1. The minimum absolute atomic E-state index is 0.516. The van der Waals surface area contributed by atoms with Crippen LogP contribution in [0, 0.1) is 11.3 Å².